The summed E-state index contributed by atoms with van der Waals surface area (Å²) in [4.78, 5) is 24.7. The smallest absolute Gasteiger partial charge is 0.314 e. The van der Waals surface area contributed by atoms with Crippen LogP contribution in [0.4, 0.5) is 0 Å². The van der Waals surface area contributed by atoms with Crippen molar-refractivity contribution in [3.63, 3.8) is 0 Å². The van der Waals surface area contributed by atoms with Gasteiger partial charge in [-0.1, -0.05) is 12.1 Å². The van der Waals surface area contributed by atoms with Crippen molar-refractivity contribution in [1.29, 1.82) is 0 Å². The Bertz CT molecular complexity index is 1000. The van der Waals surface area contributed by atoms with Crippen LogP contribution in [-0.2, 0) is 4.79 Å². The molecule has 4 rings (SSSR count). The van der Waals surface area contributed by atoms with E-state index >= 15 is 0 Å². The number of Topliss-reactive ketones (excluding diaryl/α,β-unsaturated/α-hetero) is 1. The molecule has 1 saturated carbocycles. The fourth-order valence-electron chi connectivity index (χ4n) is 3.16. The standard InChI is InChI=1S/C22H20O6/c1-12-16(28-22(24)13-7-8-13)10-9-15-19(23)18(27-20(12)15)11-14-5-4-6-17(25-2)21(14)26-3/h4-6,9-11,13H,7-8H2,1-3H3/b18-11-. The summed E-state index contributed by atoms with van der Waals surface area (Å²) in [5.41, 5.74) is 1.73. The summed E-state index contributed by atoms with van der Waals surface area (Å²) >= 11 is 0. The normalized spacial score (nSPS) is 16.5. The SMILES string of the molecule is COc1cccc(/C=C2\Oc3c(ccc(OC(=O)C4CC4)c3C)C2=O)c1OC. The number of rotatable bonds is 5. The number of carbonyl (C=O) groups excluding carboxylic acids is 2. The summed E-state index contributed by atoms with van der Waals surface area (Å²) in [6, 6.07) is 8.66. The Labute approximate surface area is 162 Å². The van der Waals surface area contributed by atoms with E-state index < -0.39 is 0 Å². The number of methoxy groups -OCH3 is 2. The average molecular weight is 380 g/mol. The van der Waals surface area contributed by atoms with Crippen LogP contribution in [0.5, 0.6) is 23.0 Å². The largest absolute Gasteiger partial charge is 0.493 e. The zero-order valence-corrected chi connectivity index (χ0v) is 15.9. The Balaban J connectivity index is 1.67. The van der Waals surface area contributed by atoms with Gasteiger partial charge in [0.05, 0.1) is 25.7 Å². The summed E-state index contributed by atoms with van der Waals surface area (Å²) in [5, 5.41) is 0. The molecule has 144 valence electrons. The third-order valence-electron chi connectivity index (χ3n) is 4.88. The van der Waals surface area contributed by atoms with Crippen LogP contribution in [0.2, 0.25) is 0 Å². The van der Waals surface area contributed by atoms with Crippen molar-refractivity contribution in [3.8, 4) is 23.0 Å². The lowest BCUT2D eigenvalue weighted by molar-refractivity contribution is -0.135. The number of hydrogen-bond donors (Lipinski definition) is 0. The van der Waals surface area contributed by atoms with Gasteiger partial charge in [0.1, 0.15) is 11.5 Å². The summed E-state index contributed by atoms with van der Waals surface area (Å²) in [6.45, 7) is 1.77. The molecular weight excluding hydrogens is 360 g/mol. The molecule has 0 radical (unpaired) electrons. The van der Waals surface area contributed by atoms with Gasteiger partial charge in [-0.2, -0.15) is 0 Å². The molecule has 0 amide bonds. The minimum Gasteiger partial charge on any atom is -0.493 e. The second kappa shape index (κ2) is 7.03. The van der Waals surface area contributed by atoms with Gasteiger partial charge in [0, 0.05) is 11.1 Å². The second-order valence-corrected chi connectivity index (χ2v) is 6.78. The van der Waals surface area contributed by atoms with Crippen LogP contribution in [0.3, 0.4) is 0 Å². The van der Waals surface area contributed by atoms with Crippen molar-refractivity contribution in [2.75, 3.05) is 14.2 Å². The van der Waals surface area contributed by atoms with E-state index in [4.69, 9.17) is 18.9 Å². The van der Waals surface area contributed by atoms with Gasteiger partial charge in [-0.05, 0) is 44.0 Å². The first-order valence-electron chi connectivity index (χ1n) is 9.04. The maximum Gasteiger partial charge on any atom is 0.314 e. The first-order valence-corrected chi connectivity index (χ1v) is 9.04. The molecule has 0 atom stereocenters. The van der Waals surface area contributed by atoms with Gasteiger partial charge in [0.2, 0.25) is 5.78 Å². The van der Waals surface area contributed by atoms with Crippen LogP contribution < -0.4 is 18.9 Å². The number of hydrogen-bond acceptors (Lipinski definition) is 6. The fourth-order valence-corrected chi connectivity index (χ4v) is 3.16. The van der Waals surface area contributed by atoms with Crippen LogP contribution in [0.1, 0.15) is 34.3 Å². The molecule has 0 N–H and O–H groups in total. The number of benzene rings is 2. The average Bonchev–Trinajstić information content (AvgIpc) is 3.50. The predicted octanol–water partition coefficient (Wildman–Crippen LogP) is 3.94. The molecule has 0 saturated heterocycles. The monoisotopic (exact) mass is 380 g/mol. The molecule has 0 aromatic heterocycles. The lowest BCUT2D eigenvalue weighted by atomic mass is 10.1. The Morgan fingerprint density at radius 2 is 1.89 bits per heavy atom. The van der Waals surface area contributed by atoms with E-state index in [9.17, 15) is 9.59 Å². The molecule has 1 heterocycles. The number of esters is 1. The highest BCUT2D eigenvalue weighted by Gasteiger charge is 2.34. The number of ether oxygens (including phenoxy) is 4. The van der Waals surface area contributed by atoms with Crippen molar-refractivity contribution >= 4 is 17.8 Å². The number of fused-ring (bicyclic) bond motifs is 1. The number of allylic oxidation sites excluding steroid dienone is 1. The van der Waals surface area contributed by atoms with Gasteiger partial charge in [0.25, 0.3) is 0 Å². The quantitative estimate of drug-likeness (QED) is 0.444. The molecule has 28 heavy (non-hydrogen) atoms. The van der Waals surface area contributed by atoms with Crippen molar-refractivity contribution in [2.45, 2.75) is 19.8 Å². The van der Waals surface area contributed by atoms with Crippen LogP contribution in [0, 0.1) is 12.8 Å². The summed E-state index contributed by atoms with van der Waals surface area (Å²) in [6.07, 6.45) is 3.36. The number of ketones is 1. The van der Waals surface area contributed by atoms with Crippen LogP contribution in [0.25, 0.3) is 6.08 Å². The van der Waals surface area contributed by atoms with Crippen molar-refractivity contribution in [3.05, 3.63) is 52.8 Å². The Kier molecular flexibility index (Phi) is 4.55. The fraction of sp³-hybridized carbons (Fsp3) is 0.273. The van der Waals surface area contributed by atoms with E-state index in [0.29, 0.717) is 39.7 Å². The minimum absolute atomic E-state index is 0.00816. The summed E-state index contributed by atoms with van der Waals surface area (Å²) in [5.74, 6) is 1.61. The van der Waals surface area contributed by atoms with E-state index in [1.807, 2.05) is 6.07 Å². The zero-order chi connectivity index (χ0) is 19.8. The second-order valence-electron chi connectivity index (χ2n) is 6.78. The van der Waals surface area contributed by atoms with Crippen LogP contribution >= 0.6 is 0 Å². The minimum atomic E-state index is -0.233. The molecule has 1 aliphatic carbocycles. The van der Waals surface area contributed by atoms with Gasteiger partial charge in [-0.25, -0.2) is 0 Å². The van der Waals surface area contributed by atoms with Crippen molar-refractivity contribution in [1.82, 2.24) is 0 Å². The molecule has 0 bridgehead atoms. The highest BCUT2D eigenvalue weighted by molar-refractivity contribution is 6.15. The van der Waals surface area contributed by atoms with Crippen LogP contribution in [0.15, 0.2) is 36.1 Å². The van der Waals surface area contributed by atoms with Gasteiger partial charge in [-0.3, -0.25) is 9.59 Å². The number of carbonyl (C=O) groups is 2. The first kappa shape index (κ1) is 18.1. The maximum absolute atomic E-state index is 12.8. The lowest BCUT2D eigenvalue weighted by Crippen LogP contribution is -2.10. The van der Waals surface area contributed by atoms with Gasteiger partial charge in [0.15, 0.2) is 17.3 Å². The van der Waals surface area contributed by atoms with E-state index in [-0.39, 0.29) is 23.4 Å². The summed E-state index contributed by atoms with van der Waals surface area (Å²) in [7, 11) is 3.09. The molecule has 2 aromatic rings. The van der Waals surface area contributed by atoms with Gasteiger partial charge >= 0.3 is 5.97 Å². The Hall–Kier alpha value is -3.28. The molecule has 0 unspecified atom stereocenters. The third-order valence-corrected chi connectivity index (χ3v) is 4.88. The highest BCUT2D eigenvalue weighted by Crippen LogP contribution is 2.41. The Morgan fingerprint density at radius 3 is 2.57 bits per heavy atom. The van der Waals surface area contributed by atoms with E-state index in [1.54, 1.807) is 44.4 Å². The Morgan fingerprint density at radius 1 is 1.11 bits per heavy atom. The molecule has 6 heteroatoms. The third kappa shape index (κ3) is 3.11. The molecule has 2 aliphatic rings. The molecular formula is C22H20O6. The van der Waals surface area contributed by atoms with Crippen molar-refractivity contribution < 1.29 is 28.5 Å². The molecule has 1 aliphatic heterocycles. The zero-order valence-electron chi connectivity index (χ0n) is 15.9. The summed E-state index contributed by atoms with van der Waals surface area (Å²) < 4.78 is 22.0. The molecule has 0 spiro atoms. The topological polar surface area (TPSA) is 71.1 Å². The van der Waals surface area contributed by atoms with E-state index in [0.717, 1.165) is 12.8 Å². The van der Waals surface area contributed by atoms with Gasteiger partial charge < -0.3 is 18.9 Å². The predicted molar refractivity (Wildman–Crippen MR) is 102 cm³/mol. The maximum atomic E-state index is 12.8. The van der Waals surface area contributed by atoms with Crippen molar-refractivity contribution in [2.24, 2.45) is 5.92 Å². The molecule has 2 aromatic carbocycles. The van der Waals surface area contributed by atoms with Gasteiger partial charge in [-0.15, -0.1) is 0 Å². The van der Waals surface area contributed by atoms with E-state index in [2.05, 4.69) is 0 Å². The van der Waals surface area contributed by atoms with E-state index in [1.165, 1.54) is 7.11 Å². The highest BCUT2D eigenvalue weighted by atomic mass is 16.5. The first-order chi connectivity index (χ1) is 13.5. The number of para-hydroxylation sites is 1. The van der Waals surface area contributed by atoms with Crippen LogP contribution in [-0.4, -0.2) is 26.0 Å². The molecule has 1 fully saturated rings. The lowest BCUT2D eigenvalue weighted by Gasteiger charge is -2.11. The molecule has 6 nitrogen and oxygen atoms in total.